The molecule has 0 aliphatic heterocycles. The van der Waals surface area contributed by atoms with Gasteiger partial charge in [-0.05, 0) is 37.8 Å². The van der Waals surface area contributed by atoms with E-state index in [1.54, 1.807) is 13.0 Å². The van der Waals surface area contributed by atoms with Crippen LogP contribution in [0.25, 0.3) is 0 Å². The van der Waals surface area contributed by atoms with Crippen molar-refractivity contribution in [3.63, 3.8) is 0 Å². The van der Waals surface area contributed by atoms with Crippen LogP contribution < -0.4 is 11.1 Å². The molecule has 0 bridgehead atoms. The quantitative estimate of drug-likeness (QED) is 0.706. The Kier molecular flexibility index (Phi) is 2.55. The standard InChI is InChI=1S/C11H15N3O2/c1-11(12,7-4-5-7)10(16)14-9-8(15)3-2-6-13-9/h2-3,6-7,15H,4-5,12H2,1H3,(H,13,14,16). The van der Waals surface area contributed by atoms with Gasteiger partial charge in [-0.3, -0.25) is 4.79 Å². The number of anilines is 1. The molecule has 16 heavy (non-hydrogen) atoms. The van der Waals surface area contributed by atoms with Gasteiger partial charge in [-0.25, -0.2) is 4.98 Å². The lowest BCUT2D eigenvalue weighted by Gasteiger charge is -2.22. The minimum Gasteiger partial charge on any atom is -0.504 e. The number of aromatic nitrogens is 1. The first-order chi connectivity index (χ1) is 7.51. The summed E-state index contributed by atoms with van der Waals surface area (Å²) in [5.74, 6) is 0.0367. The molecular formula is C11H15N3O2. The van der Waals surface area contributed by atoms with Crippen LogP contribution in [0.3, 0.4) is 0 Å². The topological polar surface area (TPSA) is 88.2 Å². The van der Waals surface area contributed by atoms with Gasteiger partial charge in [-0.2, -0.15) is 0 Å². The second kappa shape index (κ2) is 3.75. The van der Waals surface area contributed by atoms with Gasteiger partial charge in [0, 0.05) is 6.20 Å². The van der Waals surface area contributed by atoms with Gasteiger partial charge in [-0.15, -0.1) is 0 Å². The number of amides is 1. The largest absolute Gasteiger partial charge is 0.504 e. The Bertz CT molecular complexity index is 413. The fourth-order valence-corrected chi connectivity index (χ4v) is 1.60. The molecule has 1 aromatic rings. The smallest absolute Gasteiger partial charge is 0.245 e. The van der Waals surface area contributed by atoms with Crippen molar-refractivity contribution in [2.45, 2.75) is 25.3 Å². The monoisotopic (exact) mass is 221 g/mol. The van der Waals surface area contributed by atoms with Crippen molar-refractivity contribution in [3.8, 4) is 5.75 Å². The van der Waals surface area contributed by atoms with Gasteiger partial charge in [0.15, 0.2) is 11.6 Å². The molecule has 1 fully saturated rings. The lowest BCUT2D eigenvalue weighted by Crippen LogP contribution is -2.50. The number of carbonyl (C=O) groups is 1. The lowest BCUT2D eigenvalue weighted by molar-refractivity contribution is -0.121. The first-order valence-corrected chi connectivity index (χ1v) is 5.26. The molecule has 2 rings (SSSR count). The second-order valence-electron chi connectivity index (χ2n) is 4.38. The molecule has 1 heterocycles. The zero-order valence-corrected chi connectivity index (χ0v) is 9.10. The van der Waals surface area contributed by atoms with Crippen LogP contribution in [-0.4, -0.2) is 21.5 Å². The molecule has 0 spiro atoms. The zero-order valence-electron chi connectivity index (χ0n) is 9.10. The van der Waals surface area contributed by atoms with E-state index in [-0.39, 0.29) is 23.4 Å². The third-order valence-corrected chi connectivity index (χ3v) is 2.93. The summed E-state index contributed by atoms with van der Waals surface area (Å²) in [5.41, 5.74) is 5.06. The molecule has 0 radical (unpaired) electrons. The van der Waals surface area contributed by atoms with Crippen molar-refractivity contribution >= 4 is 11.7 Å². The molecule has 5 heteroatoms. The maximum atomic E-state index is 11.9. The Balaban J connectivity index is 2.10. The number of nitrogens with zero attached hydrogens (tertiary/aromatic N) is 1. The van der Waals surface area contributed by atoms with Gasteiger partial charge in [0.2, 0.25) is 5.91 Å². The summed E-state index contributed by atoms with van der Waals surface area (Å²) in [5, 5.41) is 12.0. The van der Waals surface area contributed by atoms with Crippen LogP contribution in [0.1, 0.15) is 19.8 Å². The summed E-state index contributed by atoms with van der Waals surface area (Å²) in [6.07, 6.45) is 3.46. The van der Waals surface area contributed by atoms with Crippen molar-refractivity contribution in [3.05, 3.63) is 18.3 Å². The number of hydrogen-bond donors (Lipinski definition) is 3. The van der Waals surface area contributed by atoms with E-state index in [1.807, 2.05) is 0 Å². The molecule has 5 nitrogen and oxygen atoms in total. The maximum absolute atomic E-state index is 11.9. The summed E-state index contributed by atoms with van der Waals surface area (Å²) >= 11 is 0. The number of rotatable bonds is 3. The summed E-state index contributed by atoms with van der Waals surface area (Å²) in [6.45, 7) is 1.71. The maximum Gasteiger partial charge on any atom is 0.245 e. The minimum absolute atomic E-state index is 0.0533. The molecule has 1 saturated carbocycles. The predicted octanol–water partition coefficient (Wildman–Crippen LogP) is 0.853. The van der Waals surface area contributed by atoms with Gasteiger partial charge < -0.3 is 16.2 Å². The Morgan fingerprint density at radius 2 is 2.38 bits per heavy atom. The van der Waals surface area contributed by atoms with Crippen molar-refractivity contribution < 1.29 is 9.90 Å². The van der Waals surface area contributed by atoms with E-state index >= 15 is 0 Å². The van der Waals surface area contributed by atoms with Crippen LogP contribution in [0.4, 0.5) is 5.82 Å². The summed E-state index contributed by atoms with van der Waals surface area (Å²) in [4.78, 5) is 15.8. The Morgan fingerprint density at radius 1 is 1.69 bits per heavy atom. The fraction of sp³-hybridized carbons (Fsp3) is 0.455. The van der Waals surface area contributed by atoms with Crippen molar-refractivity contribution in [2.24, 2.45) is 11.7 Å². The average Bonchev–Trinajstić information content (AvgIpc) is 3.04. The summed E-state index contributed by atoms with van der Waals surface area (Å²) in [6, 6.07) is 3.06. The molecule has 1 amide bonds. The lowest BCUT2D eigenvalue weighted by atomic mass is 9.96. The molecule has 1 unspecified atom stereocenters. The van der Waals surface area contributed by atoms with Crippen molar-refractivity contribution in [1.29, 1.82) is 0 Å². The van der Waals surface area contributed by atoms with E-state index < -0.39 is 5.54 Å². The Labute approximate surface area is 93.7 Å². The number of carbonyl (C=O) groups excluding carboxylic acids is 1. The number of hydrogen-bond acceptors (Lipinski definition) is 4. The highest BCUT2D eigenvalue weighted by Gasteiger charge is 2.44. The fourth-order valence-electron chi connectivity index (χ4n) is 1.60. The molecule has 1 aliphatic rings. The first kappa shape index (κ1) is 10.9. The Hall–Kier alpha value is -1.62. The van der Waals surface area contributed by atoms with E-state index in [4.69, 9.17) is 5.73 Å². The molecule has 1 aliphatic carbocycles. The highest BCUT2D eigenvalue weighted by molar-refractivity contribution is 5.98. The average molecular weight is 221 g/mol. The molecule has 1 aromatic heterocycles. The van der Waals surface area contributed by atoms with E-state index in [0.717, 1.165) is 12.8 Å². The number of pyridine rings is 1. The Morgan fingerprint density at radius 3 is 2.94 bits per heavy atom. The van der Waals surface area contributed by atoms with Gasteiger partial charge in [0.1, 0.15) is 0 Å². The van der Waals surface area contributed by atoms with Crippen LogP contribution in [0, 0.1) is 5.92 Å². The van der Waals surface area contributed by atoms with Crippen LogP contribution in [-0.2, 0) is 4.79 Å². The van der Waals surface area contributed by atoms with Gasteiger partial charge in [0.05, 0.1) is 5.54 Å². The van der Waals surface area contributed by atoms with Crippen molar-refractivity contribution in [2.75, 3.05) is 5.32 Å². The van der Waals surface area contributed by atoms with Gasteiger partial charge in [-0.1, -0.05) is 0 Å². The highest BCUT2D eigenvalue weighted by Crippen LogP contribution is 2.38. The molecule has 0 aromatic carbocycles. The first-order valence-electron chi connectivity index (χ1n) is 5.26. The number of nitrogens with two attached hydrogens (primary N) is 1. The minimum atomic E-state index is -0.885. The van der Waals surface area contributed by atoms with E-state index in [9.17, 15) is 9.90 Å². The van der Waals surface area contributed by atoms with Crippen LogP contribution in [0.15, 0.2) is 18.3 Å². The highest BCUT2D eigenvalue weighted by atomic mass is 16.3. The molecule has 1 atom stereocenters. The van der Waals surface area contributed by atoms with Crippen molar-refractivity contribution in [1.82, 2.24) is 4.98 Å². The SMILES string of the molecule is CC(N)(C(=O)Nc1ncccc1O)C1CC1. The molecular weight excluding hydrogens is 206 g/mol. The number of nitrogens with one attached hydrogen (secondary N) is 1. The molecule has 0 saturated heterocycles. The van der Waals surface area contributed by atoms with E-state index in [1.165, 1.54) is 12.3 Å². The summed E-state index contributed by atoms with van der Waals surface area (Å²) < 4.78 is 0. The molecule has 4 N–H and O–H groups in total. The van der Waals surface area contributed by atoms with Gasteiger partial charge >= 0.3 is 0 Å². The van der Waals surface area contributed by atoms with Crippen LogP contribution >= 0.6 is 0 Å². The molecule has 86 valence electrons. The number of aromatic hydroxyl groups is 1. The van der Waals surface area contributed by atoms with Crippen LogP contribution in [0.2, 0.25) is 0 Å². The predicted molar refractivity (Wildman–Crippen MR) is 59.8 cm³/mol. The van der Waals surface area contributed by atoms with E-state index in [2.05, 4.69) is 10.3 Å². The van der Waals surface area contributed by atoms with Crippen LogP contribution in [0.5, 0.6) is 5.75 Å². The normalized spacial score (nSPS) is 18.9. The van der Waals surface area contributed by atoms with E-state index in [0.29, 0.717) is 0 Å². The zero-order chi connectivity index (χ0) is 11.8. The third kappa shape index (κ3) is 1.99. The third-order valence-electron chi connectivity index (χ3n) is 2.93. The summed E-state index contributed by atoms with van der Waals surface area (Å²) in [7, 11) is 0. The second-order valence-corrected chi connectivity index (χ2v) is 4.38. The van der Waals surface area contributed by atoms with Gasteiger partial charge in [0.25, 0.3) is 0 Å².